The summed E-state index contributed by atoms with van der Waals surface area (Å²) in [6.07, 6.45) is 1.54. The van der Waals surface area contributed by atoms with Crippen molar-refractivity contribution in [2.75, 3.05) is 0 Å². The molecule has 0 radical (unpaired) electrons. The Morgan fingerprint density at radius 1 is 1.38 bits per heavy atom. The lowest BCUT2D eigenvalue weighted by Gasteiger charge is -2.07. The third-order valence-electron chi connectivity index (χ3n) is 2.00. The predicted molar refractivity (Wildman–Crippen MR) is 49.6 cm³/mol. The van der Waals surface area contributed by atoms with E-state index in [1.807, 2.05) is 13.0 Å². The number of fused-ring (bicyclic) bond motifs is 1. The first-order valence-corrected chi connectivity index (χ1v) is 4.36. The van der Waals surface area contributed by atoms with Gasteiger partial charge in [-0.15, -0.1) is 0 Å². The fourth-order valence-electron chi connectivity index (χ4n) is 1.37. The van der Waals surface area contributed by atoms with Gasteiger partial charge in [0.15, 0.2) is 0 Å². The van der Waals surface area contributed by atoms with Crippen molar-refractivity contribution in [3.8, 4) is 0 Å². The lowest BCUT2D eigenvalue weighted by atomic mass is 10.1. The molecule has 0 saturated carbocycles. The standard InChI is InChI=1S/C9H12N4/c1-6(2)8-4-7(3)12-9-10-5-11-13(8)9/h4-6H,1-3H3. The SMILES string of the molecule is Cc1cc(C(C)C)n2ncnc2n1. The van der Waals surface area contributed by atoms with E-state index in [1.165, 1.54) is 6.33 Å². The van der Waals surface area contributed by atoms with Gasteiger partial charge in [0.05, 0.1) is 5.69 Å². The van der Waals surface area contributed by atoms with Gasteiger partial charge in [0, 0.05) is 5.69 Å². The maximum atomic E-state index is 4.27. The molecule has 0 aromatic carbocycles. The maximum absolute atomic E-state index is 4.27. The first-order chi connectivity index (χ1) is 6.18. The smallest absolute Gasteiger partial charge is 0.216 e. The quantitative estimate of drug-likeness (QED) is 0.662. The van der Waals surface area contributed by atoms with Gasteiger partial charge in [-0.1, -0.05) is 13.8 Å². The summed E-state index contributed by atoms with van der Waals surface area (Å²) in [4.78, 5) is 8.33. The van der Waals surface area contributed by atoms with Gasteiger partial charge >= 0.3 is 0 Å². The van der Waals surface area contributed by atoms with Gasteiger partial charge in [0.25, 0.3) is 5.78 Å². The van der Waals surface area contributed by atoms with Crippen LogP contribution in [0, 0.1) is 6.92 Å². The highest BCUT2D eigenvalue weighted by molar-refractivity contribution is 5.30. The molecule has 2 aromatic rings. The Morgan fingerprint density at radius 2 is 2.15 bits per heavy atom. The van der Waals surface area contributed by atoms with Crippen molar-refractivity contribution < 1.29 is 0 Å². The minimum absolute atomic E-state index is 0.436. The Kier molecular flexibility index (Phi) is 1.76. The van der Waals surface area contributed by atoms with Crippen LogP contribution < -0.4 is 0 Å². The van der Waals surface area contributed by atoms with E-state index in [0.29, 0.717) is 11.7 Å². The van der Waals surface area contributed by atoms with Gasteiger partial charge in [-0.05, 0) is 18.9 Å². The third-order valence-corrected chi connectivity index (χ3v) is 2.00. The molecule has 0 fully saturated rings. The summed E-state index contributed by atoms with van der Waals surface area (Å²) in [7, 11) is 0. The van der Waals surface area contributed by atoms with Gasteiger partial charge < -0.3 is 0 Å². The molecule has 0 bridgehead atoms. The summed E-state index contributed by atoms with van der Waals surface area (Å²) in [5, 5.41) is 4.12. The molecule has 0 aliphatic rings. The van der Waals surface area contributed by atoms with Gasteiger partial charge in [-0.25, -0.2) is 9.50 Å². The van der Waals surface area contributed by atoms with E-state index in [9.17, 15) is 0 Å². The zero-order valence-electron chi connectivity index (χ0n) is 8.02. The largest absolute Gasteiger partial charge is 0.252 e. The Labute approximate surface area is 76.6 Å². The van der Waals surface area contributed by atoms with Crippen LogP contribution in [0.5, 0.6) is 0 Å². The second kappa shape index (κ2) is 2.80. The zero-order valence-corrected chi connectivity index (χ0v) is 8.02. The molecule has 4 heteroatoms. The van der Waals surface area contributed by atoms with Crippen LogP contribution in [0.3, 0.4) is 0 Å². The van der Waals surface area contributed by atoms with Crippen LogP contribution in [-0.2, 0) is 0 Å². The topological polar surface area (TPSA) is 43.1 Å². The molecular weight excluding hydrogens is 164 g/mol. The lowest BCUT2D eigenvalue weighted by Crippen LogP contribution is -2.03. The minimum atomic E-state index is 0.436. The summed E-state index contributed by atoms with van der Waals surface area (Å²) in [6, 6.07) is 2.05. The molecule has 2 rings (SSSR count). The fraction of sp³-hybridized carbons (Fsp3) is 0.444. The third kappa shape index (κ3) is 1.28. The van der Waals surface area contributed by atoms with Crippen molar-refractivity contribution in [3.63, 3.8) is 0 Å². The normalized spacial score (nSPS) is 11.4. The molecule has 0 spiro atoms. The van der Waals surface area contributed by atoms with Crippen LogP contribution in [0.15, 0.2) is 12.4 Å². The highest BCUT2D eigenvalue weighted by Gasteiger charge is 2.07. The first kappa shape index (κ1) is 8.16. The van der Waals surface area contributed by atoms with Gasteiger partial charge in [0.1, 0.15) is 6.33 Å². The van der Waals surface area contributed by atoms with Crippen molar-refractivity contribution in [2.45, 2.75) is 26.7 Å². The Balaban J connectivity index is 2.77. The molecule has 2 heterocycles. The van der Waals surface area contributed by atoms with E-state index in [-0.39, 0.29) is 0 Å². The van der Waals surface area contributed by atoms with Crippen LogP contribution in [0.4, 0.5) is 0 Å². The minimum Gasteiger partial charge on any atom is -0.216 e. The van der Waals surface area contributed by atoms with Crippen LogP contribution in [0.25, 0.3) is 5.78 Å². The summed E-state index contributed by atoms with van der Waals surface area (Å²) < 4.78 is 1.79. The van der Waals surface area contributed by atoms with Gasteiger partial charge in [-0.2, -0.15) is 10.1 Å². The Hall–Kier alpha value is -1.45. The molecular formula is C9H12N4. The molecule has 0 amide bonds. The van der Waals surface area contributed by atoms with E-state index in [4.69, 9.17) is 0 Å². The molecule has 0 saturated heterocycles. The van der Waals surface area contributed by atoms with Crippen LogP contribution in [-0.4, -0.2) is 19.6 Å². The molecule has 13 heavy (non-hydrogen) atoms. The average Bonchev–Trinajstić information content (AvgIpc) is 2.49. The average molecular weight is 176 g/mol. The Morgan fingerprint density at radius 3 is 2.85 bits per heavy atom. The van der Waals surface area contributed by atoms with Crippen LogP contribution >= 0.6 is 0 Å². The molecule has 0 unspecified atom stereocenters. The van der Waals surface area contributed by atoms with E-state index >= 15 is 0 Å². The lowest BCUT2D eigenvalue weighted by molar-refractivity contribution is 0.745. The van der Waals surface area contributed by atoms with Gasteiger partial charge in [0.2, 0.25) is 0 Å². The molecule has 0 N–H and O–H groups in total. The first-order valence-electron chi connectivity index (χ1n) is 4.36. The number of aryl methyl sites for hydroxylation is 1. The summed E-state index contributed by atoms with van der Waals surface area (Å²) in [5.74, 6) is 1.12. The van der Waals surface area contributed by atoms with Crippen LogP contribution in [0.2, 0.25) is 0 Å². The molecule has 0 aliphatic heterocycles. The van der Waals surface area contributed by atoms with E-state index in [2.05, 4.69) is 28.9 Å². The number of nitrogens with zero attached hydrogens (tertiary/aromatic N) is 4. The summed E-state index contributed by atoms with van der Waals surface area (Å²) in [6.45, 7) is 6.24. The summed E-state index contributed by atoms with van der Waals surface area (Å²) >= 11 is 0. The van der Waals surface area contributed by atoms with Crippen molar-refractivity contribution in [1.82, 2.24) is 19.6 Å². The second-order valence-electron chi connectivity index (χ2n) is 3.45. The van der Waals surface area contributed by atoms with E-state index in [1.54, 1.807) is 4.52 Å². The highest BCUT2D eigenvalue weighted by atomic mass is 15.3. The number of hydrogen-bond acceptors (Lipinski definition) is 3. The maximum Gasteiger partial charge on any atom is 0.252 e. The Bertz CT molecular complexity index is 430. The monoisotopic (exact) mass is 176 g/mol. The molecule has 0 aliphatic carbocycles. The second-order valence-corrected chi connectivity index (χ2v) is 3.45. The molecule has 4 nitrogen and oxygen atoms in total. The number of rotatable bonds is 1. The summed E-state index contributed by atoms with van der Waals surface area (Å²) in [5.41, 5.74) is 2.14. The molecule has 68 valence electrons. The zero-order chi connectivity index (χ0) is 9.42. The molecule has 0 atom stereocenters. The van der Waals surface area contributed by atoms with E-state index < -0.39 is 0 Å². The van der Waals surface area contributed by atoms with Gasteiger partial charge in [-0.3, -0.25) is 0 Å². The number of aromatic nitrogens is 4. The van der Waals surface area contributed by atoms with E-state index in [0.717, 1.165) is 11.4 Å². The van der Waals surface area contributed by atoms with Crippen molar-refractivity contribution >= 4 is 5.78 Å². The van der Waals surface area contributed by atoms with Crippen molar-refractivity contribution in [3.05, 3.63) is 23.8 Å². The van der Waals surface area contributed by atoms with Crippen molar-refractivity contribution in [1.29, 1.82) is 0 Å². The highest BCUT2D eigenvalue weighted by Crippen LogP contribution is 2.14. The predicted octanol–water partition coefficient (Wildman–Crippen LogP) is 1.56. The molecule has 2 aromatic heterocycles. The number of hydrogen-bond donors (Lipinski definition) is 0. The fourth-order valence-corrected chi connectivity index (χ4v) is 1.37. The van der Waals surface area contributed by atoms with Crippen molar-refractivity contribution in [2.24, 2.45) is 0 Å². The van der Waals surface area contributed by atoms with Crippen LogP contribution in [0.1, 0.15) is 31.2 Å².